The molecule has 100 valence electrons. The average Bonchev–Trinajstić information content (AvgIpc) is 2.40. The first-order valence-corrected chi connectivity index (χ1v) is 6.65. The van der Waals surface area contributed by atoms with E-state index in [9.17, 15) is 5.11 Å². The number of hydrogen-bond acceptors (Lipinski definition) is 5. The first kappa shape index (κ1) is 13.2. The lowest BCUT2D eigenvalue weighted by atomic mass is 9.97. The largest absolute Gasteiger partial charge is 0.393 e. The Morgan fingerprint density at radius 1 is 1.44 bits per heavy atom. The van der Waals surface area contributed by atoms with Gasteiger partial charge in [0.25, 0.3) is 0 Å². The topological polar surface area (TPSA) is 61.3 Å². The molecule has 1 fully saturated rings. The van der Waals surface area contributed by atoms with Crippen LogP contribution in [0.4, 0.5) is 5.95 Å². The van der Waals surface area contributed by atoms with E-state index < -0.39 is 0 Å². The van der Waals surface area contributed by atoms with Gasteiger partial charge < -0.3 is 15.3 Å². The van der Waals surface area contributed by atoms with Crippen LogP contribution in [0.1, 0.15) is 25.8 Å². The maximum atomic E-state index is 9.71. The molecule has 5 nitrogen and oxygen atoms in total. The number of aliphatic hydroxyl groups excluding tert-OH is 1. The average molecular weight is 250 g/mol. The summed E-state index contributed by atoms with van der Waals surface area (Å²) in [4.78, 5) is 11.0. The summed E-state index contributed by atoms with van der Waals surface area (Å²) in [5.74, 6) is 1.05. The molecule has 1 aromatic heterocycles. The molecule has 0 spiro atoms. The second-order valence-electron chi connectivity index (χ2n) is 4.95. The van der Waals surface area contributed by atoms with E-state index in [2.05, 4.69) is 34.0 Å². The second-order valence-corrected chi connectivity index (χ2v) is 4.95. The van der Waals surface area contributed by atoms with Crippen LogP contribution in [0, 0.1) is 5.92 Å². The fourth-order valence-electron chi connectivity index (χ4n) is 2.19. The quantitative estimate of drug-likeness (QED) is 0.827. The van der Waals surface area contributed by atoms with Crippen LogP contribution >= 0.6 is 0 Å². The Hall–Kier alpha value is -1.20. The van der Waals surface area contributed by atoms with Gasteiger partial charge in [-0.2, -0.15) is 0 Å². The third-order valence-electron chi connectivity index (χ3n) is 3.41. The summed E-state index contributed by atoms with van der Waals surface area (Å²) in [6.07, 6.45) is 4.36. The van der Waals surface area contributed by atoms with Crippen LogP contribution in [-0.2, 0) is 6.54 Å². The van der Waals surface area contributed by atoms with Crippen molar-refractivity contribution in [2.45, 2.75) is 32.9 Å². The van der Waals surface area contributed by atoms with Gasteiger partial charge in [-0.25, -0.2) is 9.97 Å². The molecule has 1 aliphatic rings. The van der Waals surface area contributed by atoms with Gasteiger partial charge >= 0.3 is 0 Å². The number of aromatic nitrogens is 2. The number of hydrogen-bond donors (Lipinski definition) is 2. The monoisotopic (exact) mass is 250 g/mol. The predicted octanol–water partition coefficient (Wildman–Crippen LogP) is 0.793. The minimum Gasteiger partial charge on any atom is -0.393 e. The molecule has 0 radical (unpaired) electrons. The van der Waals surface area contributed by atoms with Gasteiger partial charge in [0.05, 0.1) is 6.10 Å². The van der Waals surface area contributed by atoms with Crippen LogP contribution in [0.25, 0.3) is 0 Å². The van der Waals surface area contributed by atoms with Crippen molar-refractivity contribution in [3.8, 4) is 0 Å². The molecule has 2 rings (SSSR count). The number of rotatable bonds is 4. The van der Waals surface area contributed by atoms with Crippen LogP contribution < -0.4 is 10.2 Å². The zero-order valence-corrected chi connectivity index (χ0v) is 11.1. The van der Waals surface area contributed by atoms with Crippen LogP contribution in [0.15, 0.2) is 12.4 Å². The Morgan fingerprint density at radius 3 is 2.78 bits per heavy atom. The number of anilines is 1. The normalized spacial score (nSPS) is 24.3. The van der Waals surface area contributed by atoms with E-state index in [4.69, 9.17) is 0 Å². The number of aliphatic hydroxyl groups is 1. The highest BCUT2D eigenvalue weighted by Crippen LogP contribution is 2.20. The van der Waals surface area contributed by atoms with E-state index in [1.165, 1.54) is 0 Å². The Labute approximate surface area is 108 Å². The Balaban J connectivity index is 1.97. The summed E-state index contributed by atoms with van der Waals surface area (Å²) in [6.45, 7) is 7.56. The van der Waals surface area contributed by atoms with Crippen molar-refractivity contribution < 1.29 is 5.11 Å². The van der Waals surface area contributed by atoms with Gasteiger partial charge in [0.15, 0.2) is 0 Å². The fourth-order valence-corrected chi connectivity index (χ4v) is 2.19. The minimum atomic E-state index is -0.186. The Morgan fingerprint density at radius 2 is 2.17 bits per heavy atom. The third kappa shape index (κ3) is 3.17. The Bertz CT molecular complexity index is 368. The maximum Gasteiger partial charge on any atom is 0.225 e. The molecule has 1 aromatic rings. The van der Waals surface area contributed by atoms with Crippen molar-refractivity contribution in [1.82, 2.24) is 15.3 Å². The first-order chi connectivity index (χ1) is 8.70. The summed E-state index contributed by atoms with van der Waals surface area (Å²) in [5, 5.41) is 13.0. The second kappa shape index (κ2) is 6.11. The van der Waals surface area contributed by atoms with Crippen LogP contribution in [-0.4, -0.2) is 40.8 Å². The molecule has 0 aliphatic carbocycles. The van der Waals surface area contributed by atoms with Gasteiger partial charge in [0, 0.05) is 37.6 Å². The van der Waals surface area contributed by atoms with Crippen molar-refractivity contribution in [3.63, 3.8) is 0 Å². The van der Waals surface area contributed by atoms with Crippen molar-refractivity contribution in [1.29, 1.82) is 0 Å². The fraction of sp³-hybridized carbons (Fsp3) is 0.692. The molecule has 2 N–H and O–H groups in total. The summed E-state index contributed by atoms with van der Waals surface area (Å²) < 4.78 is 0. The highest BCUT2D eigenvalue weighted by Gasteiger charge is 2.25. The molecule has 18 heavy (non-hydrogen) atoms. The molecule has 0 aromatic carbocycles. The number of piperidine rings is 1. The summed E-state index contributed by atoms with van der Waals surface area (Å²) >= 11 is 0. The molecular formula is C13H22N4O. The summed E-state index contributed by atoms with van der Waals surface area (Å²) in [7, 11) is 0. The number of nitrogens with zero attached hydrogens (tertiary/aromatic N) is 3. The SMILES string of the molecule is CCNCc1cnc(N2CCC(O)C(C)C2)nc1. The van der Waals surface area contributed by atoms with Gasteiger partial charge in [-0.05, 0) is 18.9 Å². The zero-order chi connectivity index (χ0) is 13.0. The smallest absolute Gasteiger partial charge is 0.225 e. The maximum absolute atomic E-state index is 9.71. The molecule has 2 heterocycles. The van der Waals surface area contributed by atoms with E-state index in [0.29, 0.717) is 0 Å². The van der Waals surface area contributed by atoms with E-state index in [-0.39, 0.29) is 12.0 Å². The highest BCUT2D eigenvalue weighted by molar-refractivity contribution is 5.31. The van der Waals surface area contributed by atoms with E-state index >= 15 is 0 Å². The molecule has 0 amide bonds. The van der Waals surface area contributed by atoms with Crippen molar-refractivity contribution >= 4 is 5.95 Å². The Kier molecular flexibility index (Phi) is 4.49. The van der Waals surface area contributed by atoms with E-state index in [1.54, 1.807) is 0 Å². The molecule has 2 atom stereocenters. The molecule has 5 heteroatoms. The molecule has 0 saturated carbocycles. The lowest BCUT2D eigenvalue weighted by Gasteiger charge is -2.34. The van der Waals surface area contributed by atoms with Crippen molar-refractivity contribution in [2.24, 2.45) is 5.92 Å². The molecule has 0 bridgehead atoms. The van der Waals surface area contributed by atoms with Gasteiger partial charge in [-0.1, -0.05) is 13.8 Å². The lowest BCUT2D eigenvalue weighted by molar-refractivity contribution is 0.0966. The predicted molar refractivity (Wildman–Crippen MR) is 71.4 cm³/mol. The molecule has 1 aliphatic heterocycles. The standard InChI is InChI=1S/C13H22N4O/c1-3-14-6-11-7-15-13(16-8-11)17-5-4-12(18)10(2)9-17/h7-8,10,12,14,18H,3-6,9H2,1-2H3. The van der Waals surface area contributed by atoms with Gasteiger partial charge in [0.2, 0.25) is 5.95 Å². The van der Waals surface area contributed by atoms with Gasteiger partial charge in [-0.15, -0.1) is 0 Å². The van der Waals surface area contributed by atoms with Crippen LogP contribution in [0.2, 0.25) is 0 Å². The third-order valence-corrected chi connectivity index (χ3v) is 3.41. The van der Waals surface area contributed by atoms with Gasteiger partial charge in [-0.3, -0.25) is 0 Å². The first-order valence-electron chi connectivity index (χ1n) is 6.65. The summed E-state index contributed by atoms with van der Waals surface area (Å²) in [5.41, 5.74) is 1.10. The van der Waals surface area contributed by atoms with Crippen molar-refractivity contribution in [2.75, 3.05) is 24.5 Å². The summed E-state index contributed by atoms with van der Waals surface area (Å²) in [6, 6.07) is 0. The molecular weight excluding hydrogens is 228 g/mol. The van der Waals surface area contributed by atoms with Crippen molar-refractivity contribution in [3.05, 3.63) is 18.0 Å². The zero-order valence-electron chi connectivity index (χ0n) is 11.1. The molecule has 1 saturated heterocycles. The molecule has 2 unspecified atom stereocenters. The van der Waals surface area contributed by atoms with Crippen LogP contribution in [0.3, 0.4) is 0 Å². The highest BCUT2D eigenvalue weighted by atomic mass is 16.3. The van der Waals surface area contributed by atoms with Gasteiger partial charge in [0.1, 0.15) is 0 Å². The van der Waals surface area contributed by atoms with E-state index in [0.717, 1.165) is 44.1 Å². The lowest BCUT2D eigenvalue weighted by Crippen LogP contribution is -2.42. The minimum absolute atomic E-state index is 0.186. The van der Waals surface area contributed by atoms with E-state index in [1.807, 2.05) is 12.4 Å². The number of nitrogens with one attached hydrogen (secondary N) is 1. The van der Waals surface area contributed by atoms with Crippen LogP contribution in [0.5, 0.6) is 0 Å².